The summed E-state index contributed by atoms with van der Waals surface area (Å²) in [6.45, 7) is 2.46. The van der Waals surface area contributed by atoms with Crippen LogP contribution >= 0.6 is 0 Å². The number of rotatable bonds is 5. The van der Waals surface area contributed by atoms with E-state index in [9.17, 15) is 13.2 Å². The van der Waals surface area contributed by atoms with Crippen LogP contribution in [-0.4, -0.2) is 23.0 Å². The number of para-hydroxylation sites is 1. The molecule has 0 spiro atoms. The van der Waals surface area contributed by atoms with Crippen molar-refractivity contribution in [2.24, 2.45) is 0 Å². The molecule has 3 rings (SSSR count). The van der Waals surface area contributed by atoms with E-state index < -0.39 is 6.36 Å². The number of hydrogen-bond donors (Lipinski definition) is 0. The average Bonchev–Trinajstić information content (AvgIpc) is 2.95. The molecule has 7 heteroatoms. The van der Waals surface area contributed by atoms with E-state index in [1.54, 1.807) is 25.4 Å². The Hall–Kier alpha value is -2.96. The third-order valence-corrected chi connectivity index (χ3v) is 3.92. The van der Waals surface area contributed by atoms with Crippen LogP contribution in [0.3, 0.4) is 0 Å². The summed E-state index contributed by atoms with van der Waals surface area (Å²) >= 11 is 0. The molecule has 0 saturated carbocycles. The molecule has 0 N–H and O–H groups in total. The third-order valence-electron chi connectivity index (χ3n) is 3.92. The smallest absolute Gasteiger partial charge is 0.496 e. The standard InChI is InChI=1S/C19H17F3N2O2/c1-13-11-23-18(14-7-9-16(10-8-14)26-19(20,21)22)24(13)12-15-5-3-4-6-17(15)25-2/h3-11H,12H2,1-2H3. The summed E-state index contributed by atoms with van der Waals surface area (Å²) in [7, 11) is 1.61. The SMILES string of the molecule is COc1ccccc1Cn1c(C)cnc1-c1ccc(OC(F)(F)F)cc1. The summed E-state index contributed by atoms with van der Waals surface area (Å²) in [5, 5.41) is 0. The van der Waals surface area contributed by atoms with Crippen LogP contribution in [0, 0.1) is 6.92 Å². The van der Waals surface area contributed by atoms with Crippen molar-refractivity contribution in [3.05, 3.63) is 66.0 Å². The lowest BCUT2D eigenvalue weighted by Gasteiger charge is -2.14. The highest BCUT2D eigenvalue weighted by atomic mass is 19.4. The van der Waals surface area contributed by atoms with E-state index in [1.807, 2.05) is 35.8 Å². The number of aromatic nitrogens is 2. The Kier molecular flexibility index (Phi) is 4.88. The maximum atomic E-state index is 12.3. The number of alkyl halides is 3. The summed E-state index contributed by atoms with van der Waals surface area (Å²) in [5.41, 5.74) is 2.61. The van der Waals surface area contributed by atoms with Crippen molar-refractivity contribution in [2.45, 2.75) is 19.8 Å². The van der Waals surface area contributed by atoms with Gasteiger partial charge in [-0.1, -0.05) is 18.2 Å². The van der Waals surface area contributed by atoms with Crippen molar-refractivity contribution in [3.8, 4) is 22.9 Å². The molecule has 0 aliphatic carbocycles. The van der Waals surface area contributed by atoms with Gasteiger partial charge in [-0.2, -0.15) is 0 Å². The van der Waals surface area contributed by atoms with Crippen LogP contribution in [0.1, 0.15) is 11.3 Å². The first kappa shape index (κ1) is 17.8. The normalized spacial score (nSPS) is 11.4. The zero-order valence-electron chi connectivity index (χ0n) is 14.2. The van der Waals surface area contributed by atoms with Crippen LogP contribution < -0.4 is 9.47 Å². The Morgan fingerprint density at radius 1 is 1.04 bits per heavy atom. The first-order chi connectivity index (χ1) is 12.4. The highest BCUT2D eigenvalue weighted by Gasteiger charge is 2.31. The molecule has 1 heterocycles. The summed E-state index contributed by atoms with van der Waals surface area (Å²) in [6, 6.07) is 13.3. The van der Waals surface area contributed by atoms with Gasteiger partial charge in [-0.3, -0.25) is 0 Å². The topological polar surface area (TPSA) is 36.3 Å². The molecule has 0 saturated heterocycles. The molecule has 0 fully saturated rings. The van der Waals surface area contributed by atoms with Crippen LogP contribution in [0.2, 0.25) is 0 Å². The molecule has 0 radical (unpaired) electrons. The van der Waals surface area contributed by atoms with Crippen molar-refractivity contribution < 1.29 is 22.6 Å². The molecule has 1 aromatic heterocycles. The summed E-state index contributed by atoms with van der Waals surface area (Å²) in [4.78, 5) is 4.40. The van der Waals surface area contributed by atoms with Crippen LogP contribution in [0.5, 0.6) is 11.5 Å². The molecule has 136 valence electrons. The van der Waals surface area contributed by atoms with Gasteiger partial charge in [-0.25, -0.2) is 4.98 Å². The fourth-order valence-electron chi connectivity index (χ4n) is 2.70. The van der Waals surface area contributed by atoms with Gasteiger partial charge in [-0.15, -0.1) is 13.2 Å². The Bertz CT molecular complexity index is 887. The third kappa shape index (κ3) is 3.99. The number of imidazole rings is 1. The molecule has 0 bridgehead atoms. The molecule has 4 nitrogen and oxygen atoms in total. The van der Waals surface area contributed by atoms with E-state index in [2.05, 4.69) is 9.72 Å². The van der Waals surface area contributed by atoms with Crippen LogP contribution in [0.25, 0.3) is 11.4 Å². The van der Waals surface area contributed by atoms with Crippen LogP contribution in [0.4, 0.5) is 13.2 Å². The van der Waals surface area contributed by atoms with Gasteiger partial charge < -0.3 is 14.0 Å². The van der Waals surface area contributed by atoms with Gasteiger partial charge in [0.25, 0.3) is 0 Å². The molecule has 0 unspecified atom stereocenters. The Morgan fingerprint density at radius 2 is 1.73 bits per heavy atom. The van der Waals surface area contributed by atoms with E-state index in [4.69, 9.17) is 4.74 Å². The molecule has 2 aromatic carbocycles. The second-order valence-electron chi connectivity index (χ2n) is 5.69. The van der Waals surface area contributed by atoms with Gasteiger partial charge in [-0.05, 0) is 37.3 Å². The predicted molar refractivity (Wildman–Crippen MR) is 91.2 cm³/mol. The molecule has 0 amide bonds. The number of nitrogens with zero attached hydrogens (tertiary/aromatic N) is 2. The lowest BCUT2D eigenvalue weighted by molar-refractivity contribution is -0.274. The minimum atomic E-state index is -4.71. The van der Waals surface area contributed by atoms with E-state index in [0.717, 1.165) is 17.0 Å². The molecule has 0 aliphatic heterocycles. The second-order valence-corrected chi connectivity index (χ2v) is 5.69. The van der Waals surface area contributed by atoms with Gasteiger partial charge in [0, 0.05) is 23.0 Å². The Labute approximate surface area is 148 Å². The molecular weight excluding hydrogens is 345 g/mol. The maximum absolute atomic E-state index is 12.3. The molecule has 0 aliphatic rings. The largest absolute Gasteiger partial charge is 0.573 e. The van der Waals surface area contributed by atoms with Gasteiger partial charge in [0.1, 0.15) is 17.3 Å². The van der Waals surface area contributed by atoms with Crippen molar-refractivity contribution in [2.75, 3.05) is 7.11 Å². The Balaban J connectivity index is 1.90. The van der Waals surface area contributed by atoms with Crippen molar-refractivity contribution in [1.29, 1.82) is 0 Å². The average molecular weight is 362 g/mol. The van der Waals surface area contributed by atoms with Crippen molar-refractivity contribution in [3.63, 3.8) is 0 Å². The fourth-order valence-corrected chi connectivity index (χ4v) is 2.70. The van der Waals surface area contributed by atoms with E-state index in [0.29, 0.717) is 17.9 Å². The number of benzene rings is 2. The number of aryl methyl sites for hydroxylation is 1. The van der Waals surface area contributed by atoms with Crippen molar-refractivity contribution in [1.82, 2.24) is 9.55 Å². The molecule has 0 atom stereocenters. The Morgan fingerprint density at radius 3 is 2.38 bits per heavy atom. The van der Waals surface area contributed by atoms with Gasteiger partial charge in [0.05, 0.1) is 13.7 Å². The quantitative estimate of drug-likeness (QED) is 0.653. The van der Waals surface area contributed by atoms with Crippen LogP contribution in [-0.2, 0) is 6.54 Å². The highest BCUT2D eigenvalue weighted by molar-refractivity contribution is 5.58. The first-order valence-corrected chi connectivity index (χ1v) is 7.87. The lowest BCUT2D eigenvalue weighted by Crippen LogP contribution is -2.17. The number of ether oxygens (including phenoxy) is 2. The number of hydrogen-bond acceptors (Lipinski definition) is 3. The molecule has 26 heavy (non-hydrogen) atoms. The van der Waals surface area contributed by atoms with E-state index >= 15 is 0 Å². The second kappa shape index (κ2) is 7.11. The minimum Gasteiger partial charge on any atom is -0.496 e. The minimum absolute atomic E-state index is 0.263. The van der Waals surface area contributed by atoms with Crippen LogP contribution in [0.15, 0.2) is 54.7 Å². The molecule has 3 aromatic rings. The fraction of sp³-hybridized carbons (Fsp3) is 0.211. The lowest BCUT2D eigenvalue weighted by atomic mass is 10.1. The van der Waals surface area contributed by atoms with E-state index in [-0.39, 0.29) is 5.75 Å². The number of methoxy groups -OCH3 is 1. The maximum Gasteiger partial charge on any atom is 0.573 e. The van der Waals surface area contributed by atoms with Gasteiger partial charge in [0.2, 0.25) is 0 Å². The highest BCUT2D eigenvalue weighted by Crippen LogP contribution is 2.28. The summed E-state index contributed by atoms with van der Waals surface area (Å²) < 4.78 is 48.2. The predicted octanol–water partition coefficient (Wildman–Crippen LogP) is 4.81. The zero-order chi connectivity index (χ0) is 18.7. The summed E-state index contributed by atoms with van der Waals surface area (Å²) in [5.74, 6) is 1.16. The number of halogens is 3. The van der Waals surface area contributed by atoms with Crippen molar-refractivity contribution >= 4 is 0 Å². The first-order valence-electron chi connectivity index (χ1n) is 7.87. The van der Waals surface area contributed by atoms with Gasteiger partial charge in [0.15, 0.2) is 0 Å². The molecular formula is C19H17F3N2O2. The van der Waals surface area contributed by atoms with Gasteiger partial charge >= 0.3 is 6.36 Å². The zero-order valence-corrected chi connectivity index (χ0v) is 14.2. The monoisotopic (exact) mass is 362 g/mol. The van der Waals surface area contributed by atoms with E-state index in [1.165, 1.54) is 12.1 Å². The summed E-state index contributed by atoms with van der Waals surface area (Å²) in [6.07, 6.45) is -2.98.